The van der Waals surface area contributed by atoms with E-state index in [0.29, 0.717) is 6.04 Å². The van der Waals surface area contributed by atoms with Crippen LogP contribution in [0.15, 0.2) is 30.5 Å². The molecule has 132 valence electrons. The van der Waals surface area contributed by atoms with E-state index in [-0.39, 0.29) is 0 Å². The zero-order chi connectivity index (χ0) is 16.9. The molecular weight excluding hydrogens is 322 g/mol. The highest BCUT2D eigenvalue weighted by atomic mass is 35.5. The Morgan fingerprint density at radius 3 is 2.83 bits per heavy atom. The molecule has 2 heterocycles. The Morgan fingerprint density at radius 2 is 2.04 bits per heavy atom. The fourth-order valence-electron chi connectivity index (χ4n) is 3.55. The minimum absolute atomic E-state index is 0.597. The van der Waals surface area contributed by atoms with Crippen molar-refractivity contribution in [1.82, 2.24) is 14.4 Å². The second-order valence-electron chi connectivity index (χ2n) is 6.59. The van der Waals surface area contributed by atoms with Gasteiger partial charge < -0.3 is 9.30 Å². The minimum Gasteiger partial charge on any atom is -0.380 e. The number of fused-ring (bicyclic) bond motifs is 1. The SMILES string of the molecule is CCOCCN1CCN(CCn2ccc3cc(Cl)ccc32)C[C@H]1C. The average molecular weight is 350 g/mol. The molecule has 0 bridgehead atoms. The summed E-state index contributed by atoms with van der Waals surface area (Å²) >= 11 is 6.07. The minimum atomic E-state index is 0.597. The standard InChI is InChI=1S/C19H28ClN3O/c1-3-24-13-12-22-10-8-21(15-16(22)2)9-11-23-7-6-17-14-18(20)4-5-19(17)23/h4-7,14,16H,3,8-13,15H2,1-2H3/t16-/m1/s1. The van der Waals surface area contributed by atoms with Crippen molar-refractivity contribution in [2.75, 3.05) is 45.9 Å². The number of aromatic nitrogens is 1. The monoisotopic (exact) mass is 349 g/mol. The van der Waals surface area contributed by atoms with E-state index >= 15 is 0 Å². The molecule has 3 rings (SSSR count). The van der Waals surface area contributed by atoms with Crippen LogP contribution in [-0.2, 0) is 11.3 Å². The summed E-state index contributed by atoms with van der Waals surface area (Å²) < 4.78 is 7.82. The van der Waals surface area contributed by atoms with Gasteiger partial charge in [0.05, 0.1) is 6.61 Å². The number of hydrogen-bond acceptors (Lipinski definition) is 3. The van der Waals surface area contributed by atoms with E-state index < -0.39 is 0 Å². The van der Waals surface area contributed by atoms with Gasteiger partial charge in [0.1, 0.15) is 0 Å². The first-order chi connectivity index (χ1) is 11.7. The van der Waals surface area contributed by atoms with E-state index in [1.165, 1.54) is 10.9 Å². The summed E-state index contributed by atoms with van der Waals surface area (Å²) in [5, 5.41) is 2.02. The van der Waals surface area contributed by atoms with Crippen LogP contribution in [0.5, 0.6) is 0 Å². The molecule has 1 aromatic heterocycles. The molecule has 4 nitrogen and oxygen atoms in total. The number of rotatable bonds is 7. The summed E-state index contributed by atoms with van der Waals surface area (Å²) in [5.74, 6) is 0. The Labute approximate surface area is 149 Å². The van der Waals surface area contributed by atoms with Crippen molar-refractivity contribution >= 4 is 22.5 Å². The van der Waals surface area contributed by atoms with Crippen molar-refractivity contribution in [2.45, 2.75) is 26.4 Å². The second kappa shape index (κ2) is 8.34. The summed E-state index contributed by atoms with van der Waals surface area (Å²) in [7, 11) is 0. The van der Waals surface area contributed by atoms with Gasteiger partial charge >= 0.3 is 0 Å². The van der Waals surface area contributed by atoms with Crippen molar-refractivity contribution in [3.63, 3.8) is 0 Å². The molecule has 1 atom stereocenters. The molecule has 1 aliphatic rings. The molecule has 5 heteroatoms. The third kappa shape index (κ3) is 4.31. The molecule has 1 aliphatic heterocycles. The summed E-state index contributed by atoms with van der Waals surface area (Å²) in [6.45, 7) is 12.6. The van der Waals surface area contributed by atoms with E-state index in [9.17, 15) is 0 Å². The highest BCUT2D eigenvalue weighted by Crippen LogP contribution is 2.20. The molecule has 1 fully saturated rings. The summed E-state index contributed by atoms with van der Waals surface area (Å²) in [4.78, 5) is 5.11. The molecule has 1 aromatic carbocycles. The molecule has 0 saturated carbocycles. The van der Waals surface area contributed by atoms with Gasteiger partial charge in [0.2, 0.25) is 0 Å². The van der Waals surface area contributed by atoms with Gasteiger partial charge in [-0.25, -0.2) is 0 Å². The quantitative estimate of drug-likeness (QED) is 0.715. The van der Waals surface area contributed by atoms with Crippen LogP contribution >= 0.6 is 11.6 Å². The van der Waals surface area contributed by atoms with E-state index in [1.54, 1.807) is 0 Å². The van der Waals surface area contributed by atoms with Crippen LogP contribution in [0.3, 0.4) is 0 Å². The van der Waals surface area contributed by atoms with E-state index in [4.69, 9.17) is 16.3 Å². The maximum absolute atomic E-state index is 6.07. The van der Waals surface area contributed by atoms with Crippen molar-refractivity contribution < 1.29 is 4.74 Å². The Bertz CT molecular complexity index is 657. The molecule has 0 unspecified atom stereocenters. The molecule has 0 amide bonds. The van der Waals surface area contributed by atoms with Gasteiger partial charge in [0, 0.05) is 74.0 Å². The van der Waals surface area contributed by atoms with Crippen LogP contribution in [0.4, 0.5) is 0 Å². The van der Waals surface area contributed by atoms with Crippen molar-refractivity contribution in [3.8, 4) is 0 Å². The van der Waals surface area contributed by atoms with Crippen molar-refractivity contribution in [1.29, 1.82) is 0 Å². The van der Waals surface area contributed by atoms with Crippen LogP contribution in [-0.4, -0.2) is 66.3 Å². The van der Waals surface area contributed by atoms with Crippen LogP contribution in [0.2, 0.25) is 5.02 Å². The lowest BCUT2D eigenvalue weighted by molar-refractivity contribution is 0.0483. The van der Waals surface area contributed by atoms with Gasteiger partial charge in [-0.2, -0.15) is 0 Å². The normalized spacial score (nSPS) is 20.0. The van der Waals surface area contributed by atoms with E-state index in [0.717, 1.165) is 57.5 Å². The fraction of sp³-hybridized carbons (Fsp3) is 0.579. The molecule has 2 aromatic rings. The number of hydrogen-bond donors (Lipinski definition) is 0. The number of nitrogens with zero attached hydrogens (tertiary/aromatic N) is 3. The third-order valence-electron chi connectivity index (χ3n) is 4.97. The second-order valence-corrected chi connectivity index (χ2v) is 7.03. The van der Waals surface area contributed by atoms with Crippen LogP contribution in [0.25, 0.3) is 10.9 Å². The molecule has 1 saturated heterocycles. The Balaban J connectivity index is 1.50. The lowest BCUT2D eigenvalue weighted by Crippen LogP contribution is -2.53. The molecule has 0 aliphatic carbocycles. The third-order valence-corrected chi connectivity index (χ3v) is 5.20. The van der Waals surface area contributed by atoms with Gasteiger partial charge in [0.25, 0.3) is 0 Å². The van der Waals surface area contributed by atoms with Gasteiger partial charge in [-0.15, -0.1) is 0 Å². The van der Waals surface area contributed by atoms with Crippen LogP contribution < -0.4 is 0 Å². The predicted octanol–water partition coefficient (Wildman–Crippen LogP) is 3.34. The number of ether oxygens (including phenoxy) is 1. The zero-order valence-corrected chi connectivity index (χ0v) is 15.5. The first kappa shape index (κ1) is 17.7. The average Bonchev–Trinajstić information content (AvgIpc) is 2.97. The highest BCUT2D eigenvalue weighted by molar-refractivity contribution is 6.31. The Hall–Kier alpha value is -1.07. The maximum atomic E-state index is 6.07. The lowest BCUT2D eigenvalue weighted by atomic mass is 10.2. The van der Waals surface area contributed by atoms with Crippen LogP contribution in [0, 0.1) is 0 Å². The highest BCUT2D eigenvalue weighted by Gasteiger charge is 2.22. The first-order valence-corrected chi connectivity index (χ1v) is 9.33. The van der Waals surface area contributed by atoms with E-state index in [1.807, 2.05) is 12.1 Å². The van der Waals surface area contributed by atoms with Gasteiger partial charge in [-0.05, 0) is 38.1 Å². The predicted molar refractivity (Wildman–Crippen MR) is 101 cm³/mol. The molecular formula is C19H28ClN3O. The molecule has 0 spiro atoms. The fourth-order valence-corrected chi connectivity index (χ4v) is 3.73. The summed E-state index contributed by atoms with van der Waals surface area (Å²) in [6.07, 6.45) is 2.17. The first-order valence-electron chi connectivity index (χ1n) is 8.96. The van der Waals surface area contributed by atoms with Crippen molar-refractivity contribution in [2.24, 2.45) is 0 Å². The Kier molecular flexibility index (Phi) is 6.17. The summed E-state index contributed by atoms with van der Waals surface area (Å²) in [5.41, 5.74) is 1.27. The maximum Gasteiger partial charge on any atom is 0.0593 e. The van der Waals surface area contributed by atoms with Crippen LogP contribution in [0.1, 0.15) is 13.8 Å². The molecule has 0 N–H and O–H groups in total. The largest absolute Gasteiger partial charge is 0.380 e. The van der Waals surface area contributed by atoms with Gasteiger partial charge in [-0.3, -0.25) is 9.80 Å². The lowest BCUT2D eigenvalue weighted by Gasteiger charge is -2.39. The number of benzene rings is 1. The smallest absolute Gasteiger partial charge is 0.0593 e. The van der Waals surface area contributed by atoms with Gasteiger partial charge in [0.15, 0.2) is 0 Å². The summed E-state index contributed by atoms with van der Waals surface area (Å²) in [6, 6.07) is 8.87. The number of halogens is 1. The molecule has 0 radical (unpaired) electrons. The molecule has 24 heavy (non-hydrogen) atoms. The topological polar surface area (TPSA) is 20.6 Å². The zero-order valence-electron chi connectivity index (χ0n) is 14.7. The van der Waals surface area contributed by atoms with Gasteiger partial charge in [-0.1, -0.05) is 11.6 Å². The Morgan fingerprint density at radius 1 is 1.17 bits per heavy atom. The number of piperazine rings is 1. The van der Waals surface area contributed by atoms with E-state index in [2.05, 4.69) is 46.5 Å². The van der Waals surface area contributed by atoms with Crippen molar-refractivity contribution in [3.05, 3.63) is 35.5 Å².